The van der Waals surface area contributed by atoms with Gasteiger partial charge in [0.2, 0.25) is 0 Å². The first-order valence-electron chi connectivity index (χ1n) is 7.54. The SMILES string of the molecule is OC(CC1COCCN1c1ccc(C(F)(F)F)cn1)c1cccs1. The van der Waals surface area contributed by atoms with Crippen LogP contribution in [0.2, 0.25) is 0 Å². The van der Waals surface area contributed by atoms with Crippen LogP contribution < -0.4 is 4.90 Å². The summed E-state index contributed by atoms with van der Waals surface area (Å²) in [5.74, 6) is 0.467. The molecular weight excluding hydrogens is 341 g/mol. The van der Waals surface area contributed by atoms with Crippen LogP contribution in [-0.2, 0) is 10.9 Å². The Hall–Kier alpha value is -1.64. The molecule has 2 unspecified atom stereocenters. The van der Waals surface area contributed by atoms with Gasteiger partial charge in [-0.05, 0) is 23.6 Å². The average Bonchev–Trinajstić information content (AvgIpc) is 3.09. The lowest BCUT2D eigenvalue weighted by atomic mass is 10.1. The van der Waals surface area contributed by atoms with Gasteiger partial charge in [0.05, 0.1) is 30.9 Å². The maximum Gasteiger partial charge on any atom is 0.417 e. The van der Waals surface area contributed by atoms with Crippen molar-refractivity contribution in [2.75, 3.05) is 24.7 Å². The molecule has 3 rings (SSSR count). The van der Waals surface area contributed by atoms with E-state index in [0.717, 1.165) is 17.1 Å². The van der Waals surface area contributed by atoms with Crippen molar-refractivity contribution in [2.24, 2.45) is 0 Å². The van der Waals surface area contributed by atoms with Crippen LogP contribution in [0.15, 0.2) is 35.8 Å². The second kappa shape index (κ2) is 7.08. The number of ether oxygens (including phenoxy) is 1. The van der Waals surface area contributed by atoms with Gasteiger partial charge in [-0.25, -0.2) is 4.98 Å². The van der Waals surface area contributed by atoms with Crippen LogP contribution >= 0.6 is 11.3 Å². The van der Waals surface area contributed by atoms with Crippen molar-refractivity contribution >= 4 is 17.2 Å². The van der Waals surface area contributed by atoms with Gasteiger partial charge in [-0.3, -0.25) is 0 Å². The number of aliphatic hydroxyl groups excluding tert-OH is 1. The van der Waals surface area contributed by atoms with E-state index >= 15 is 0 Å². The molecule has 1 aliphatic rings. The Morgan fingerprint density at radius 3 is 2.83 bits per heavy atom. The average molecular weight is 358 g/mol. The molecule has 2 aromatic rings. The minimum absolute atomic E-state index is 0.139. The molecule has 0 bridgehead atoms. The number of rotatable bonds is 4. The maximum atomic E-state index is 12.7. The van der Waals surface area contributed by atoms with Crippen molar-refractivity contribution in [3.63, 3.8) is 0 Å². The highest BCUT2D eigenvalue weighted by atomic mass is 32.1. The van der Waals surface area contributed by atoms with Gasteiger partial charge in [-0.15, -0.1) is 11.3 Å². The van der Waals surface area contributed by atoms with E-state index in [4.69, 9.17) is 4.74 Å². The van der Waals surface area contributed by atoms with Gasteiger partial charge in [0.15, 0.2) is 0 Å². The molecule has 24 heavy (non-hydrogen) atoms. The van der Waals surface area contributed by atoms with E-state index in [0.29, 0.717) is 32.0 Å². The fourth-order valence-corrected chi connectivity index (χ4v) is 3.45. The molecule has 1 N–H and O–H groups in total. The van der Waals surface area contributed by atoms with Crippen LogP contribution in [0.1, 0.15) is 23.0 Å². The Morgan fingerprint density at radius 1 is 1.38 bits per heavy atom. The quantitative estimate of drug-likeness (QED) is 0.909. The molecule has 8 heteroatoms. The fraction of sp³-hybridized carbons (Fsp3) is 0.438. The van der Waals surface area contributed by atoms with E-state index < -0.39 is 17.8 Å². The zero-order chi connectivity index (χ0) is 17.2. The van der Waals surface area contributed by atoms with Gasteiger partial charge in [-0.1, -0.05) is 6.07 Å². The van der Waals surface area contributed by atoms with Crippen LogP contribution in [0.5, 0.6) is 0 Å². The summed E-state index contributed by atoms with van der Waals surface area (Å²) in [6.07, 6.45) is -3.75. The number of pyridine rings is 1. The Labute approximate surface area is 141 Å². The van der Waals surface area contributed by atoms with Gasteiger partial charge in [0.25, 0.3) is 0 Å². The van der Waals surface area contributed by atoms with Crippen LogP contribution in [0.4, 0.5) is 19.0 Å². The monoisotopic (exact) mass is 358 g/mol. The summed E-state index contributed by atoms with van der Waals surface area (Å²) < 4.78 is 43.5. The first kappa shape index (κ1) is 17.2. The Morgan fingerprint density at radius 2 is 2.21 bits per heavy atom. The Balaban J connectivity index is 1.74. The lowest BCUT2D eigenvalue weighted by Gasteiger charge is -2.37. The number of nitrogens with zero attached hydrogens (tertiary/aromatic N) is 2. The topological polar surface area (TPSA) is 45.6 Å². The summed E-state index contributed by atoms with van der Waals surface area (Å²) in [5.41, 5.74) is -0.769. The summed E-state index contributed by atoms with van der Waals surface area (Å²) >= 11 is 1.47. The fourth-order valence-electron chi connectivity index (χ4n) is 2.73. The van der Waals surface area contributed by atoms with E-state index in [9.17, 15) is 18.3 Å². The molecule has 0 aliphatic carbocycles. The van der Waals surface area contributed by atoms with Gasteiger partial charge in [0, 0.05) is 24.0 Å². The molecule has 1 aliphatic heterocycles. The highest BCUT2D eigenvalue weighted by molar-refractivity contribution is 7.10. The highest BCUT2D eigenvalue weighted by Crippen LogP contribution is 2.31. The second-order valence-corrected chi connectivity index (χ2v) is 6.57. The standard InChI is InChI=1S/C16H17F3N2O2S/c17-16(18,19)11-3-4-15(20-9-11)21-5-6-23-10-12(21)8-13(22)14-2-1-7-24-14/h1-4,7,9,12-13,22H,5-6,8,10H2. The molecule has 0 amide bonds. The number of alkyl halides is 3. The lowest BCUT2D eigenvalue weighted by molar-refractivity contribution is -0.137. The molecule has 0 aromatic carbocycles. The molecule has 130 valence electrons. The van der Waals surface area contributed by atoms with Crippen LogP contribution in [0, 0.1) is 0 Å². The van der Waals surface area contributed by atoms with Gasteiger partial charge in [0.1, 0.15) is 5.82 Å². The Kier molecular flexibility index (Phi) is 5.07. The number of morpholine rings is 1. The van der Waals surface area contributed by atoms with Crippen molar-refractivity contribution in [2.45, 2.75) is 24.7 Å². The Bertz CT molecular complexity index is 646. The number of hydrogen-bond donors (Lipinski definition) is 1. The van der Waals surface area contributed by atoms with Crippen molar-refractivity contribution in [3.05, 3.63) is 46.3 Å². The van der Waals surface area contributed by atoms with Crippen LogP contribution in [0.3, 0.4) is 0 Å². The van der Waals surface area contributed by atoms with Crippen molar-refractivity contribution < 1.29 is 23.0 Å². The van der Waals surface area contributed by atoms with E-state index in [1.807, 2.05) is 22.4 Å². The molecule has 0 spiro atoms. The molecule has 1 saturated heterocycles. The summed E-state index contributed by atoms with van der Waals surface area (Å²) in [4.78, 5) is 6.73. The van der Waals surface area contributed by atoms with E-state index in [-0.39, 0.29) is 6.04 Å². The van der Waals surface area contributed by atoms with Crippen molar-refractivity contribution in [1.82, 2.24) is 4.98 Å². The number of hydrogen-bond acceptors (Lipinski definition) is 5. The highest BCUT2D eigenvalue weighted by Gasteiger charge is 2.32. The number of anilines is 1. The van der Waals surface area contributed by atoms with Crippen LogP contribution in [0.25, 0.3) is 0 Å². The predicted octanol–water partition coefficient (Wildman–Crippen LogP) is 3.49. The second-order valence-electron chi connectivity index (χ2n) is 5.59. The predicted molar refractivity (Wildman–Crippen MR) is 85.1 cm³/mol. The molecule has 0 saturated carbocycles. The summed E-state index contributed by atoms with van der Waals surface area (Å²) in [5, 5.41) is 12.2. The zero-order valence-electron chi connectivity index (χ0n) is 12.7. The third-order valence-electron chi connectivity index (χ3n) is 3.96. The van der Waals surface area contributed by atoms with Gasteiger partial charge >= 0.3 is 6.18 Å². The van der Waals surface area contributed by atoms with Crippen LogP contribution in [-0.4, -0.2) is 35.9 Å². The lowest BCUT2D eigenvalue weighted by Crippen LogP contribution is -2.46. The number of thiophene rings is 1. The molecule has 2 aromatic heterocycles. The summed E-state index contributed by atoms with van der Waals surface area (Å²) in [7, 11) is 0. The first-order valence-corrected chi connectivity index (χ1v) is 8.42. The molecule has 0 radical (unpaired) electrons. The smallest absolute Gasteiger partial charge is 0.387 e. The van der Waals surface area contributed by atoms with E-state index in [1.165, 1.54) is 17.4 Å². The molecule has 2 atom stereocenters. The van der Waals surface area contributed by atoms with Gasteiger partial charge in [-0.2, -0.15) is 13.2 Å². The molecular formula is C16H17F3N2O2S. The van der Waals surface area contributed by atoms with Gasteiger partial charge < -0.3 is 14.7 Å². The zero-order valence-corrected chi connectivity index (χ0v) is 13.6. The summed E-state index contributed by atoms with van der Waals surface area (Å²) in [6, 6.07) is 6.00. The minimum Gasteiger partial charge on any atom is -0.387 e. The minimum atomic E-state index is -4.40. The third-order valence-corrected chi connectivity index (χ3v) is 4.94. The first-order chi connectivity index (χ1) is 11.4. The molecule has 1 fully saturated rings. The normalized spacial score (nSPS) is 20.2. The maximum absolute atomic E-state index is 12.7. The molecule has 4 nitrogen and oxygen atoms in total. The number of aliphatic hydroxyl groups is 1. The van der Waals surface area contributed by atoms with E-state index in [2.05, 4.69) is 4.98 Å². The van der Waals surface area contributed by atoms with Crippen molar-refractivity contribution in [1.29, 1.82) is 0 Å². The summed E-state index contributed by atoms with van der Waals surface area (Å²) in [6.45, 7) is 1.42. The largest absolute Gasteiger partial charge is 0.417 e. The van der Waals surface area contributed by atoms with E-state index in [1.54, 1.807) is 0 Å². The molecule has 3 heterocycles. The third kappa shape index (κ3) is 3.88. The number of aromatic nitrogens is 1. The number of halogens is 3. The van der Waals surface area contributed by atoms with Crippen molar-refractivity contribution in [3.8, 4) is 0 Å².